The van der Waals surface area contributed by atoms with Crippen LogP contribution in [0.15, 0.2) is 47.7 Å². The molecule has 0 radical (unpaired) electrons. The summed E-state index contributed by atoms with van der Waals surface area (Å²) >= 11 is 1.73. The number of rotatable bonds is 6. The van der Waals surface area contributed by atoms with Crippen LogP contribution >= 0.6 is 35.3 Å². The third kappa shape index (κ3) is 5.53. The maximum Gasteiger partial charge on any atom is 0.191 e. The molecule has 6 nitrogen and oxygen atoms in total. The Labute approximate surface area is 174 Å². The van der Waals surface area contributed by atoms with Crippen LogP contribution in [0.1, 0.15) is 22.6 Å². The molecule has 0 aliphatic rings. The molecule has 3 aromatic rings. The molecule has 2 heterocycles. The van der Waals surface area contributed by atoms with Crippen LogP contribution in [-0.2, 0) is 19.5 Å². The molecule has 0 atom stereocenters. The zero-order valence-electron chi connectivity index (χ0n) is 14.8. The van der Waals surface area contributed by atoms with Crippen molar-refractivity contribution in [3.8, 4) is 11.3 Å². The van der Waals surface area contributed by atoms with Crippen LogP contribution < -0.4 is 10.6 Å². The fraction of sp³-hybridized carbons (Fsp3) is 0.278. The summed E-state index contributed by atoms with van der Waals surface area (Å²) in [6.07, 6.45) is 4.81. The van der Waals surface area contributed by atoms with Gasteiger partial charge in [0.2, 0.25) is 0 Å². The lowest BCUT2D eigenvalue weighted by Gasteiger charge is -2.09. The average molecular weight is 482 g/mol. The Hall–Kier alpha value is -1.94. The first-order valence-corrected chi connectivity index (χ1v) is 9.07. The number of thiazole rings is 1. The molecule has 0 unspecified atom stereocenters. The van der Waals surface area contributed by atoms with Crippen molar-refractivity contribution < 1.29 is 0 Å². The Bertz CT molecular complexity index is 827. The Morgan fingerprint density at radius 2 is 1.88 bits per heavy atom. The summed E-state index contributed by atoms with van der Waals surface area (Å²) in [6.45, 7) is 3.38. The number of benzene rings is 1. The van der Waals surface area contributed by atoms with Gasteiger partial charge in [-0.05, 0) is 12.0 Å². The minimum Gasteiger partial charge on any atom is -0.350 e. The zero-order chi connectivity index (χ0) is 17.5. The van der Waals surface area contributed by atoms with Crippen molar-refractivity contribution in [3.05, 3.63) is 58.4 Å². The molecule has 0 fully saturated rings. The van der Waals surface area contributed by atoms with Crippen molar-refractivity contribution in [2.24, 2.45) is 4.99 Å². The minimum absolute atomic E-state index is 0. The SMILES string of the molecule is CCc1cnc(CNC(=NC)NCc2ncc(-c3ccccc3)[nH]2)s1.I. The van der Waals surface area contributed by atoms with Crippen LogP contribution in [-0.4, -0.2) is 28.0 Å². The molecule has 0 amide bonds. The van der Waals surface area contributed by atoms with Crippen molar-refractivity contribution in [2.75, 3.05) is 7.05 Å². The number of nitrogens with zero attached hydrogens (tertiary/aromatic N) is 3. The van der Waals surface area contributed by atoms with Crippen molar-refractivity contribution >= 4 is 41.3 Å². The molecule has 0 bridgehead atoms. The van der Waals surface area contributed by atoms with Crippen LogP contribution in [0.25, 0.3) is 11.3 Å². The first-order chi connectivity index (χ1) is 12.3. The van der Waals surface area contributed by atoms with E-state index in [0.29, 0.717) is 13.1 Å². The van der Waals surface area contributed by atoms with E-state index in [0.717, 1.165) is 34.5 Å². The van der Waals surface area contributed by atoms with Gasteiger partial charge in [0.25, 0.3) is 0 Å². The van der Waals surface area contributed by atoms with Gasteiger partial charge < -0.3 is 15.6 Å². The van der Waals surface area contributed by atoms with Gasteiger partial charge in [0.1, 0.15) is 10.8 Å². The summed E-state index contributed by atoms with van der Waals surface area (Å²) in [5.74, 6) is 1.59. The molecule has 138 valence electrons. The third-order valence-electron chi connectivity index (χ3n) is 3.72. The lowest BCUT2D eigenvalue weighted by Crippen LogP contribution is -2.36. The van der Waals surface area contributed by atoms with Crippen LogP contribution in [0.5, 0.6) is 0 Å². The zero-order valence-corrected chi connectivity index (χ0v) is 18.0. The third-order valence-corrected chi connectivity index (χ3v) is 4.86. The summed E-state index contributed by atoms with van der Waals surface area (Å²) in [4.78, 5) is 17.7. The number of guanidine groups is 1. The van der Waals surface area contributed by atoms with Crippen LogP contribution in [0.4, 0.5) is 0 Å². The molecule has 0 saturated carbocycles. The molecule has 0 spiro atoms. The lowest BCUT2D eigenvalue weighted by atomic mass is 10.2. The maximum atomic E-state index is 4.42. The monoisotopic (exact) mass is 482 g/mol. The van der Waals surface area contributed by atoms with Crippen LogP contribution in [0.3, 0.4) is 0 Å². The van der Waals surface area contributed by atoms with Crippen LogP contribution in [0.2, 0.25) is 0 Å². The summed E-state index contributed by atoms with van der Waals surface area (Å²) < 4.78 is 0. The molecule has 26 heavy (non-hydrogen) atoms. The van der Waals surface area contributed by atoms with E-state index in [1.807, 2.05) is 30.6 Å². The van der Waals surface area contributed by atoms with Crippen LogP contribution in [0, 0.1) is 0 Å². The van der Waals surface area contributed by atoms with E-state index in [-0.39, 0.29) is 24.0 Å². The number of hydrogen-bond acceptors (Lipinski definition) is 4. The first-order valence-electron chi connectivity index (χ1n) is 8.26. The Morgan fingerprint density at radius 3 is 2.58 bits per heavy atom. The number of halogens is 1. The van der Waals surface area contributed by atoms with Crippen molar-refractivity contribution in [2.45, 2.75) is 26.4 Å². The highest BCUT2D eigenvalue weighted by Gasteiger charge is 2.05. The van der Waals surface area contributed by atoms with Gasteiger partial charge in [-0.15, -0.1) is 35.3 Å². The maximum absolute atomic E-state index is 4.42. The van der Waals surface area contributed by atoms with Gasteiger partial charge in [0.05, 0.1) is 25.0 Å². The number of H-pyrrole nitrogens is 1. The molecule has 0 aliphatic carbocycles. The van der Waals surface area contributed by atoms with E-state index in [1.54, 1.807) is 18.4 Å². The normalized spacial score (nSPS) is 11.1. The lowest BCUT2D eigenvalue weighted by molar-refractivity contribution is 0.779. The molecule has 0 aliphatic heterocycles. The van der Waals surface area contributed by atoms with E-state index in [4.69, 9.17) is 0 Å². The second-order valence-corrected chi connectivity index (χ2v) is 6.66. The van der Waals surface area contributed by atoms with Gasteiger partial charge in [0, 0.05) is 18.1 Å². The number of imidazole rings is 1. The highest BCUT2D eigenvalue weighted by molar-refractivity contribution is 14.0. The predicted octanol–water partition coefficient (Wildman–Crippen LogP) is 3.58. The molecule has 3 N–H and O–H groups in total. The largest absolute Gasteiger partial charge is 0.350 e. The van der Waals surface area contributed by atoms with Gasteiger partial charge in [-0.25, -0.2) is 9.97 Å². The molecular weight excluding hydrogens is 459 g/mol. The summed E-state index contributed by atoms with van der Waals surface area (Å²) in [6, 6.07) is 10.2. The second-order valence-electron chi connectivity index (χ2n) is 5.46. The van der Waals surface area contributed by atoms with E-state index < -0.39 is 0 Å². The van der Waals surface area contributed by atoms with Crippen molar-refractivity contribution in [3.63, 3.8) is 0 Å². The molecule has 2 aromatic heterocycles. The number of aromatic amines is 1. The predicted molar refractivity (Wildman–Crippen MR) is 118 cm³/mol. The van der Waals surface area contributed by atoms with E-state index >= 15 is 0 Å². The fourth-order valence-corrected chi connectivity index (χ4v) is 3.16. The fourth-order valence-electron chi connectivity index (χ4n) is 2.36. The van der Waals surface area contributed by atoms with Gasteiger partial charge in [-0.2, -0.15) is 0 Å². The molecule has 0 saturated heterocycles. The highest BCUT2D eigenvalue weighted by atomic mass is 127. The minimum atomic E-state index is 0. The van der Waals surface area contributed by atoms with Gasteiger partial charge in [-0.3, -0.25) is 4.99 Å². The Morgan fingerprint density at radius 1 is 1.12 bits per heavy atom. The molecular formula is C18H23IN6S. The van der Waals surface area contributed by atoms with E-state index in [9.17, 15) is 0 Å². The number of nitrogens with one attached hydrogen (secondary N) is 3. The number of aryl methyl sites for hydroxylation is 1. The standard InChI is InChI=1S/C18H22N6S.HI/c1-3-14-9-21-17(25-14)12-23-18(19-2)22-11-16-20-10-15(24-16)13-7-5-4-6-8-13;/h4-10H,3,11-12H2,1-2H3,(H,20,24)(H2,19,22,23);1H. The summed E-state index contributed by atoms with van der Waals surface area (Å²) in [5, 5.41) is 7.60. The van der Waals surface area contributed by atoms with Crippen molar-refractivity contribution in [1.82, 2.24) is 25.6 Å². The number of aliphatic imine (C=N–C) groups is 1. The van der Waals surface area contributed by atoms with Crippen molar-refractivity contribution in [1.29, 1.82) is 0 Å². The smallest absolute Gasteiger partial charge is 0.191 e. The molecule has 8 heteroatoms. The Balaban J connectivity index is 0.00000243. The van der Waals surface area contributed by atoms with E-state index in [2.05, 4.69) is 49.6 Å². The first kappa shape index (κ1) is 20.4. The highest BCUT2D eigenvalue weighted by Crippen LogP contribution is 2.16. The second kappa shape index (κ2) is 10.3. The average Bonchev–Trinajstić information content (AvgIpc) is 3.32. The molecule has 3 rings (SSSR count). The summed E-state index contributed by atoms with van der Waals surface area (Å²) in [5.41, 5.74) is 2.13. The number of hydrogen-bond donors (Lipinski definition) is 3. The number of aromatic nitrogens is 3. The summed E-state index contributed by atoms with van der Waals surface area (Å²) in [7, 11) is 1.76. The Kier molecular flexibility index (Phi) is 8.05. The molecule has 1 aromatic carbocycles. The van der Waals surface area contributed by atoms with E-state index in [1.165, 1.54) is 4.88 Å². The van der Waals surface area contributed by atoms with Gasteiger partial charge in [-0.1, -0.05) is 37.3 Å². The van der Waals surface area contributed by atoms with Gasteiger partial charge >= 0.3 is 0 Å². The quantitative estimate of drug-likeness (QED) is 0.285. The van der Waals surface area contributed by atoms with Gasteiger partial charge in [0.15, 0.2) is 5.96 Å². The topological polar surface area (TPSA) is 78.0 Å².